The molecule has 0 unspecified atom stereocenters. The van der Waals surface area contributed by atoms with Crippen molar-refractivity contribution in [1.82, 2.24) is 9.97 Å². The van der Waals surface area contributed by atoms with Gasteiger partial charge >= 0.3 is 0 Å². The zero-order chi connectivity index (χ0) is 12.6. The van der Waals surface area contributed by atoms with Crippen molar-refractivity contribution in [1.29, 1.82) is 0 Å². The summed E-state index contributed by atoms with van der Waals surface area (Å²) in [5, 5.41) is 22.1. The van der Waals surface area contributed by atoms with Crippen LogP contribution in [0.5, 0.6) is 0 Å². The number of nitrogens with zero attached hydrogens (tertiary/aromatic N) is 1. The van der Waals surface area contributed by atoms with Crippen molar-refractivity contribution in [3.63, 3.8) is 0 Å². The smallest absolute Gasteiger partial charge is 0.257 e. The molecule has 2 heterocycles. The maximum absolute atomic E-state index is 11.7. The number of H-pyrrole nitrogens is 1. The molecular formula is C10H16N4O3. The number of fused-ring (bicyclic) bond motifs is 1. The molecule has 2 rings (SSSR count). The number of aliphatic hydroxyl groups excluding tert-OH is 2. The first-order valence-corrected chi connectivity index (χ1v) is 5.47. The van der Waals surface area contributed by atoms with Crippen LogP contribution in [0.2, 0.25) is 0 Å². The molecule has 0 fully saturated rings. The molecule has 0 aliphatic carbocycles. The van der Waals surface area contributed by atoms with Gasteiger partial charge in [0, 0.05) is 12.5 Å². The molecule has 0 spiro atoms. The fourth-order valence-electron chi connectivity index (χ4n) is 2.05. The van der Waals surface area contributed by atoms with E-state index in [4.69, 9.17) is 5.73 Å². The minimum Gasteiger partial charge on any atom is -0.391 e. The SMILES string of the molecule is C[C@H](O)[C@H](O)[C@H]1CNc2nc(N)[nH]c(=O)c2C1. The Kier molecular flexibility index (Phi) is 3.03. The van der Waals surface area contributed by atoms with E-state index in [1.54, 1.807) is 0 Å². The van der Waals surface area contributed by atoms with Gasteiger partial charge in [-0.1, -0.05) is 0 Å². The van der Waals surface area contributed by atoms with Gasteiger partial charge in [0.25, 0.3) is 5.56 Å². The average molecular weight is 240 g/mol. The lowest BCUT2D eigenvalue weighted by Gasteiger charge is -2.29. The normalized spacial score (nSPS) is 22.4. The summed E-state index contributed by atoms with van der Waals surface area (Å²) in [6.07, 6.45) is -1.33. The molecule has 3 atom stereocenters. The van der Waals surface area contributed by atoms with Gasteiger partial charge in [0.2, 0.25) is 5.95 Å². The van der Waals surface area contributed by atoms with E-state index in [-0.39, 0.29) is 17.4 Å². The molecule has 7 heteroatoms. The molecule has 0 saturated carbocycles. The van der Waals surface area contributed by atoms with Gasteiger partial charge in [-0.25, -0.2) is 0 Å². The Morgan fingerprint density at radius 3 is 2.88 bits per heavy atom. The van der Waals surface area contributed by atoms with E-state index < -0.39 is 12.2 Å². The number of nitrogens with two attached hydrogens (primary N) is 1. The van der Waals surface area contributed by atoms with Crippen molar-refractivity contribution in [2.45, 2.75) is 25.6 Å². The second kappa shape index (κ2) is 4.34. The predicted octanol–water partition coefficient (Wildman–Crippen LogP) is -1.32. The highest BCUT2D eigenvalue weighted by Crippen LogP contribution is 2.23. The largest absolute Gasteiger partial charge is 0.391 e. The molecule has 17 heavy (non-hydrogen) atoms. The standard InChI is InChI=1S/C10H16N4O3/c1-4(15)7(16)5-2-6-8(12-3-5)13-10(11)14-9(6)17/h4-5,7,15-16H,2-3H2,1H3,(H4,11,12,13,14,17)/t4-,5+,7-/m0/s1. The van der Waals surface area contributed by atoms with E-state index in [0.29, 0.717) is 24.3 Å². The van der Waals surface area contributed by atoms with Crippen molar-refractivity contribution in [2.24, 2.45) is 5.92 Å². The van der Waals surface area contributed by atoms with Crippen LogP contribution in [0.3, 0.4) is 0 Å². The highest BCUT2D eigenvalue weighted by molar-refractivity contribution is 5.48. The number of rotatable bonds is 2. The molecule has 1 aliphatic rings. The van der Waals surface area contributed by atoms with Gasteiger partial charge in [-0.15, -0.1) is 0 Å². The average Bonchev–Trinajstić information content (AvgIpc) is 2.27. The number of hydrogen-bond acceptors (Lipinski definition) is 6. The molecule has 0 amide bonds. The summed E-state index contributed by atoms with van der Waals surface area (Å²) in [5.41, 5.74) is 5.59. The lowest BCUT2D eigenvalue weighted by molar-refractivity contribution is -0.00446. The summed E-state index contributed by atoms with van der Waals surface area (Å²) in [4.78, 5) is 18.1. The van der Waals surface area contributed by atoms with Crippen molar-refractivity contribution >= 4 is 11.8 Å². The molecule has 0 aromatic carbocycles. The van der Waals surface area contributed by atoms with Crippen LogP contribution in [-0.4, -0.2) is 38.9 Å². The van der Waals surface area contributed by atoms with Crippen LogP contribution in [0.15, 0.2) is 4.79 Å². The zero-order valence-electron chi connectivity index (χ0n) is 9.47. The van der Waals surface area contributed by atoms with E-state index in [1.165, 1.54) is 6.92 Å². The van der Waals surface area contributed by atoms with E-state index >= 15 is 0 Å². The zero-order valence-corrected chi connectivity index (χ0v) is 9.47. The van der Waals surface area contributed by atoms with Crippen LogP contribution in [0, 0.1) is 5.92 Å². The first kappa shape index (κ1) is 11.9. The summed E-state index contributed by atoms with van der Waals surface area (Å²) in [5.74, 6) is 0.310. The molecule has 6 N–H and O–H groups in total. The molecule has 1 aromatic rings. The van der Waals surface area contributed by atoms with Crippen LogP contribution < -0.4 is 16.6 Å². The van der Waals surface area contributed by atoms with Gasteiger partial charge in [-0.2, -0.15) is 4.98 Å². The third-order valence-corrected chi connectivity index (χ3v) is 3.01. The van der Waals surface area contributed by atoms with Gasteiger partial charge in [-0.05, 0) is 13.3 Å². The van der Waals surface area contributed by atoms with Gasteiger partial charge in [0.15, 0.2) is 0 Å². The van der Waals surface area contributed by atoms with E-state index in [9.17, 15) is 15.0 Å². The van der Waals surface area contributed by atoms with Crippen molar-refractivity contribution in [2.75, 3.05) is 17.6 Å². The maximum atomic E-state index is 11.7. The Hall–Kier alpha value is -1.60. The van der Waals surface area contributed by atoms with E-state index in [2.05, 4.69) is 15.3 Å². The molecule has 0 bridgehead atoms. The highest BCUT2D eigenvalue weighted by atomic mass is 16.3. The third kappa shape index (κ3) is 2.25. The van der Waals surface area contributed by atoms with Crippen molar-refractivity contribution < 1.29 is 10.2 Å². The Morgan fingerprint density at radius 1 is 1.53 bits per heavy atom. The summed E-state index contributed by atoms with van der Waals surface area (Å²) in [7, 11) is 0. The van der Waals surface area contributed by atoms with Gasteiger partial charge < -0.3 is 21.3 Å². The molecule has 1 aromatic heterocycles. The quantitative estimate of drug-likeness (QED) is 0.436. The van der Waals surface area contributed by atoms with Gasteiger partial charge in [0.05, 0.1) is 17.8 Å². The second-order valence-corrected chi connectivity index (χ2v) is 4.35. The number of anilines is 2. The van der Waals surface area contributed by atoms with Crippen LogP contribution in [0.25, 0.3) is 0 Å². The minimum atomic E-state index is -0.868. The first-order valence-electron chi connectivity index (χ1n) is 5.47. The second-order valence-electron chi connectivity index (χ2n) is 4.35. The number of aromatic amines is 1. The van der Waals surface area contributed by atoms with Crippen LogP contribution >= 0.6 is 0 Å². The molecule has 1 aliphatic heterocycles. The van der Waals surface area contributed by atoms with Crippen molar-refractivity contribution in [3.05, 3.63) is 15.9 Å². The fraction of sp³-hybridized carbons (Fsp3) is 0.600. The number of hydrogen-bond donors (Lipinski definition) is 5. The number of aliphatic hydroxyl groups is 2. The van der Waals surface area contributed by atoms with Crippen molar-refractivity contribution in [3.8, 4) is 0 Å². The molecule has 0 saturated heterocycles. The molecule has 94 valence electrons. The van der Waals surface area contributed by atoms with E-state index in [1.807, 2.05) is 0 Å². The Labute approximate surface area is 97.7 Å². The number of nitrogen functional groups attached to an aromatic ring is 1. The Bertz CT molecular complexity index is 471. The van der Waals surface area contributed by atoms with Gasteiger partial charge in [0.1, 0.15) is 5.82 Å². The lowest BCUT2D eigenvalue weighted by Crippen LogP contribution is -2.41. The summed E-state index contributed by atoms with van der Waals surface area (Å²) in [6, 6.07) is 0. The van der Waals surface area contributed by atoms with Crippen LogP contribution in [0.1, 0.15) is 12.5 Å². The lowest BCUT2D eigenvalue weighted by atomic mass is 9.89. The maximum Gasteiger partial charge on any atom is 0.257 e. The summed E-state index contributed by atoms with van der Waals surface area (Å²) >= 11 is 0. The summed E-state index contributed by atoms with van der Waals surface area (Å²) < 4.78 is 0. The minimum absolute atomic E-state index is 0.0655. The van der Waals surface area contributed by atoms with Crippen LogP contribution in [-0.2, 0) is 6.42 Å². The van der Waals surface area contributed by atoms with E-state index in [0.717, 1.165) is 0 Å². The summed E-state index contributed by atoms with van der Waals surface area (Å²) in [6.45, 7) is 1.97. The molecule has 7 nitrogen and oxygen atoms in total. The fourth-order valence-corrected chi connectivity index (χ4v) is 2.05. The predicted molar refractivity (Wildman–Crippen MR) is 62.6 cm³/mol. The topological polar surface area (TPSA) is 124 Å². The van der Waals surface area contributed by atoms with Gasteiger partial charge in [-0.3, -0.25) is 9.78 Å². The third-order valence-electron chi connectivity index (χ3n) is 3.01. The molecular weight excluding hydrogens is 224 g/mol. The highest BCUT2D eigenvalue weighted by Gasteiger charge is 2.29. The number of aromatic nitrogens is 2. The van der Waals surface area contributed by atoms with Crippen LogP contribution in [0.4, 0.5) is 11.8 Å². The number of nitrogens with one attached hydrogen (secondary N) is 2. The monoisotopic (exact) mass is 240 g/mol. The molecule has 0 radical (unpaired) electrons. The first-order chi connectivity index (χ1) is 7.99. The Morgan fingerprint density at radius 2 is 2.24 bits per heavy atom. The Balaban J connectivity index is 2.27.